The molecule has 1 aliphatic heterocycles. The lowest BCUT2D eigenvalue weighted by Crippen LogP contribution is -2.50. The Morgan fingerprint density at radius 2 is 1.67 bits per heavy atom. The van der Waals surface area contributed by atoms with Crippen molar-refractivity contribution in [3.8, 4) is 5.75 Å². The van der Waals surface area contributed by atoms with Gasteiger partial charge in [-0.25, -0.2) is 0 Å². The standard InChI is InChI=1S/C24H24N4O5/c1-16-13-21(33-26-16)24(31)28-11-9-27(10-12-28)23(30)18-6-4-5-17(14-18)15-32-20-8-3-2-7-19(20)22(25)29/h2-8,13-14H,9-12,15H2,1H3,(H2,25,29). The van der Waals surface area contributed by atoms with Gasteiger partial charge in [-0.1, -0.05) is 29.4 Å². The molecule has 1 saturated heterocycles. The summed E-state index contributed by atoms with van der Waals surface area (Å²) in [4.78, 5) is 40.5. The fourth-order valence-electron chi connectivity index (χ4n) is 3.67. The average Bonchev–Trinajstić information content (AvgIpc) is 3.28. The number of benzene rings is 2. The molecule has 0 bridgehead atoms. The van der Waals surface area contributed by atoms with E-state index in [1.54, 1.807) is 65.3 Å². The van der Waals surface area contributed by atoms with Crippen LogP contribution in [0.5, 0.6) is 5.75 Å². The molecular weight excluding hydrogens is 424 g/mol. The number of para-hydroxylation sites is 1. The zero-order chi connectivity index (χ0) is 23.4. The number of aromatic nitrogens is 1. The molecule has 3 aromatic rings. The second-order valence-corrected chi connectivity index (χ2v) is 7.77. The molecule has 0 radical (unpaired) electrons. The van der Waals surface area contributed by atoms with E-state index in [2.05, 4.69) is 5.16 Å². The predicted octanol–water partition coefficient (Wildman–Crippen LogP) is 2.26. The number of nitrogens with zero attached hydrogens (tertiary/aromatic N) is 3. The van der Waals surface area contributed by atoms with Crippen molar-refractivity contribution >= 4 is 17.7 Å². The highest BCUT2D eigenvalue weighted by molar-refractivity contribution is 5.96. The third-order valence-electron chi connectivity index (χ3n) is 5.41. The predicted molar refractivity (Wildman–Crippen MR) is 119 cm³/mol. The Morgan fingerprint density at radius 3 is 2.33 bits per heavy atom. The van der Waals surface area contributed by atoms with E-state index in [0.29, 0.717) is 48.7 Å². The van der Waals surface area contributed by atoms with Gasteiger partial charge in [0, 0.05) is 37.8 Å². The molecule has 4 rings (SSSR count). The van der Waals surface area contributed by atoms with Crippen molar-refractivity contribution in [1.82, 2.24) is 15.0 Å². The summed E-state index contributed by atoms with van der Waals surface area (Å²) < 4.78 is 10.8. The van der Waals surface area contributed by atoms with Gasteiger partial charge < -0.3 is 24.8 Å². The van der Waals surface area contributed by atoms with Gasteiger partial charge in [0.25, 0.3) is 17.7 Å². The molecule has 1 fully saturated rings. The van der Waals surface area contributed by atoms with E-state index in [0.717, 1.165) is 5.56 Å². The van der Waals surface area contributed by atoms with E-state index in [4.69, 9.17) is 15.0 Å². The first-order valence-corrected chi connectivity index (χ1v) is 10.5. The summed E-state index contributed by atoms with van der Waals surface area (Å²) in [6.07, 6.45) is 0. The van der Waals surface area contributed by atoms with Gasteiger partial charge in [0.2, 0.25) is 5.76 Å². The first-order chi connectivity index (χ1) is 15.9. The van der Waals surface area contributed by atoms with Gasteiger partial charge in [-0.3, -0.25) is 14.4 Å². The number of piperazine rings is 1. The molecule has 0 atom stereocenters. The van der Waals surface area contributed by atoms with Crippen molar-refractivity contribution in [2.45, 2.75) is 13.5 Å². The lowest BCUT2D eigenvalue weighted by Gasteiger charge is -2.34. The van der Waals surface area contributed by atoms with Crippen LogP contribution >= 0.6 is 0 Å². The van der Waals surface area contributed by atoms with Crippen LogP contribution in [0, 0.1) is 6.92 Å². The molecule has 0 unspecified atom stereocenters. The van der Waals surface area contributed by atoms with E-state index in [1.807, 2.05) is 6.07 Å². The third-order valence-corrected chi connectivity index (χ3v) is 5.41. The van der Waals surface area contributed by atoms with Gasteiger partial charge in [0.15, 0.2) is 0 Å². The number of carbonyl (C=O) groups excluding carboxylic acids is 3. The maximum absolute atomic E-state index is 13.0. The van der Waals surface area contributed by atoms with Gasteiger partial charge >= 0.3 is 0 Å². The smallest absolute Gasteiger partial charge is 0.292 e. The van der Waals surface area contributed by atoms with Crippen molar-refractivity contribution in [3.63, 3.8) is 0 Å². The number of primary amides is 1. The molecule has 0 spiro atoms. The zero-order valence-corrected chi connectivity index (χ0v) is 18.2. The normalized spacial score (nSPS) is 13.6. The number of carbonyl (C=O) groups is 3. The van der Waals surface area contributed by atoms with Crippen molar-refractivity contribution < 1.29 is 23.6 Å². The lowest BCUT2D eigenvalue weighted by atomic mass is 10.1. The summed E-state index contributed by atoms with van der Waals surface area (Å²) in [6, 6.07) is 15.5. The first-order valence-electron chi connectivity index (χ1n) is 10.5. The van der Waals surface area contributed by atoms with Crippen LogP contribution < -0.4 is 10.5 Å². The quantitative estimate of drug-likeness (QED) is 0.618. The number of rotatable bonds is 6. The fraction of sp³-hybridized carbons (Fsp3) is 0.250. The van der Waals surface area contributed by atoms with E-state index < -0.39 is 5.91 Å². The minimum Gasteiger partial charge on any atom is -0.488 e. The number of aryl methyl sites for hydroxylation is 1. The maximum Gasteiger partial charge on any atom is 0.292 e. The molecule has 1 aliphatic rings. The maximum atomic E-state index is 13.0. The Hall–Kier alpha value is -4.14. The summed E-state index contributed by atoms with van der Waals surface area (Å²) in [7, 11) is 0. The topological polar surface area (TPSA) is 119 Å². The Morgan fingerprint density at radius 1 is 0.970 bits per heavy atom. The Labute approximate surface area is 190 Å². The summed E-state index contributed by atoms with van der Waals surface area (Å²) in [6.45, 7) is 3.61. The molecular formula is C24H24N4O5. The summed E-state index contributed by atoms with van der Waals surface area (Å²) in [5, 5.41) is 3.75. The highest BCUT2D eigenvalue weighted by atomic mass is 16.5. The van der Waals surface area contributed by atoms with Gasteiger partial charge in [-0.2, -0.15) is 0 Å². The van der Waals surface area contributed by atoms with Crippen LogP contribution in [-0.4, -0.2) is 58.9 Å². The SMILES string of the molecule is Cc1cc(C(=O)N2CCN(C(=O)c3cccc(COc4ccccc4C(N)=O)c3)CC2)on1. The monoisotopic (exact) mass is 448 g/mol. The molecule has 9 heteroatoms. The third kappa shape index (κ3) is 5.03. The van der Waals surface area contributed by atoms with Crippen LogP contribution in [-0.2, 0) is 6.61 Å². The second-order valence-electron chi connectivity index (χ2n) is 7.77. The van der Waals surface area contributed by atoms with E-state index >= 15 is 0 Å². The van der Waals surface area contributed by atoms with E-state index in [-0.39, 0.29) is 24.2 Å². The number of hydrogen-bond acceptors (Lipinski definition) is 6. The Bertz CT molecular complexity index is 1180. The van der Waals surface area contributed by atoms with Crippen LogP contribution in [0.2, 0.25) is 0 Å². The Balaban J connectivity index is 1.36. The lowest BCUT2D eigenvalue weighted by molar-refractivity contribution is 0.0512. The molecule has 2 aromatic carbocycles. The fourth-order valence-corrected chi connectivity index (χ4v) is 3.67. The van der Waals surface area contributed by atoms with Crippen LogP contribution in [0.15, 0.2) is 59.1 Å². The number of hydrogen-bond donors (Lipinski definition) is 1. The second kappa shape index (κ2) is 9.56. The first kappa shape index (κ1) is 22.1. The van der Waals surface area contributed by atoms with Crippen molar-refractivity contribution in [3.05, 3.63) is 82.7 Å². The molecule has 9 nitrogen and oxygen atoms in total. The molecule has 170 valence electrons. The number of ether oxygens (including phenoxy) is 1. The minimum atomic E-state index is -0.564. The molecule has 0 aliphatic carbocycles. The van der Waals surface area contributed by atoms with Crippen molar-refractivity contribution in [2.75, 3.05) is 26.2 Å². The number of amides is 3. The Kier molecular flexibility index (Phi) is 6.39. The van der Waals surface area contributed by atoms with Crippen LogP contribution in [0.4, 0.5) is 0 Å². The molecule has 0 saturated carbocycles. The van der Waals surface area contributed by atoms with Gasteiger partial charge in [-0.05, 0) is 36.8 Å². The highest BCUT2D eigenvalue weighted by Crippen LogP contribution is 2.20. The average molecular weight is 448 g/mol. The van der Waals surface area contributed by atoms with E-state index in [1.165, 1.54) is 0 Å². The zero-order valence-electron chi connectivity index (χ0n) is 18.2. The summed E-state index contributed by atoms with van der Waals surface area (Å²) in [5.74, 6) is -0.303. The molecule has 2 N–H and O–H groups in total. The van der Waals surface area contributed by atoms with E-state index in [9.17, 15) is 14.4 Å². The molecule has 33 heavy (non-hydrogen) atoms. The largest absolute Gasteiger partial charge is 0.488 e. The minimum absolute atomic E-state index is 0.114. The molecule has 1 aromatic heterocycles. The number of nitrogens with two attached hydrogens (primary N) is 1. The van der Waals surface area contributed by atoms with Crippen molar-refractivity contribution in [1.29, 1.82) is 0 Å². The van der Waals surface area contributed by atoms with Crippen molar-refractivity contribution in [2.24, 2.45) is 5.73 Å². The van der Waals surface area contributed by atoms with Crippen LogP contribution in [0.25, 0.3) is 0 Å². The van der Waals surface area contributed by atoms with Crippen LogP contribution in [0.1, 0.15) is 42.5 Å². The highest BCUT2D eigenvalue weighted by Gasteiger charge is 2.27. The van der Waals surface area contributed by atoms with Gasteiger partial charge in [0.1, 0.15) is 12.4 Å². The van der Waals surface area contributed by atoms with Crippen LogP contribution in [0.3, 0.4) is 0 Å². The molecule has 2 heterocycles. The summed E-state index contributed by atoms with van der Waals surface area (Å²) >= 11 is 0. The summed E-state index contributed by atoms with van der Waals surface area (Å²) in [5.41, 5.74) is 7.66. The van der Waals surface area contributed by atoms with Gasteiger partial charge in [-0.15, -0.1) is 0 Å². The molecule has 3 amide bonds. The van der Waals surface area contributed by atoms with Gasteiger partial charge in [0.05, 0.1) is 11.3 Å².